The van der Waals surface area contributed by atoms with Gasteiger partial charge in [0.05, 0.1) is 6.61 Å². The molecular weight excluding hydrogens is 295 g/mol. The quantitative estimate of drug-likeness (QED) is 0.278. The second kappa shape index (κ2) is 13.6. The van der Waals surface area contributed by atoms with E-state index >= 15 is 0 Å². The fourth-order valence-corrected chi connectivity index (χ4v) is 3.78. The summed E-state index contributed by atoms with van der Waals surface area (Å²) in [6.07, 6.45) is 11.6. The fourth-order valence-electron chi connectivity index (χ4n) is 2.58. The van der Waals surface area contributed by atoms with Crippen molar-refractivity contribution in [1.29, 1.82) is 0 Å². The Morgan fingerprint density at radius 3 is 2.18 bits per heavy atom. The van der Waals surface area contributed by atoms with Gasteiger partial charge in [0.25, 0.3) is 0 Å². The van der Waals surface area contributed by atoms with E-state index in [9.17, 15) is 9.46 Å². The maximum atomic E-state index is 12.0. The van der Waals surface area contributed by atoms with Gasteiger partial charge in [-0.05, 0) is 24.7 Å². The Balaban J connectivity index is 3.69. The summed E-state index contributed by atoms with van der Waals surface area (Å²) >= 11 is 0. The molecule has 0 amide bonds. The molecule has 0 rings (SSSR count). The van der Waals surface area contributed by atoms with Gasteiger partial charge >= 0.3 is 7.60 Å². The van der Waals surface area contributed by atoms with Crippen LogP contribution in [0.5, 0.6) is 0 Å². The molecule has 0 aliphatic carbocycles. The van der Waals surface area contributed by atoms with Gasteiger partial charge in [-0.3, -0.25) is 4.57 Å². The Hall–Kier alpha value is 0.150. The minimum absolute atomic E-state index is 0.321. The van der Waals surface area contributed by atoms with Gasteiger partial charge in [-0.2, -0.15) is 0 Å². The van der Waals surface area contributed by atoms with Crippen molar-refractivity contribution in [3.63, 3.8) is 0 Å². The molecule has 0 aliphatic rings. The molecule has 0 saturated heterocycles. The lowest BCUT2D eigenvalue weighted by Gasteiger charge is -2.18. The van der Waals surface area contributed by atoms with Gasteiger partial charge in [0, 0.05) is 6.16 Å². The molecule has 0 aliphatic heterocycles. The van der Waals surface area contributed by atoms with E-state index in [2.05, 4.69) is 27.7 Å². The third-order valence-electron chi connectivity index (χ3n) is 4.28. The van der Waals surface area contributed by atoms with Crippen LogP contribution in [0, 0.1) is 11.8 Å². The minimum Gasteiger partial charge on any atom is -0.324 e. The second-order valence-corrected chi connectivity index (χ2v) is 9.00. The lowest BCUT2D eigenvalue weighted by atomic mass is 10.0. The van der Waals surface area contributed by atoms with Crippen molar-refractivity contribution in [3.8, 4) is 0 Å². The SMILES string of the molecule is CCCCC(CC)COP(=O)(O)CCCCCCCC(C)C. The van der Waals surface area contributed by atoms with Crippen LogP contribution < -0.4 is 0 Å². The normalized spacial score (nSPS) is 15.9. The smallest absolute Gasteiger partial charge is 0.324 e. The van der Waals surface area contributed by atoms with Crippen molar-refractivity contribution in [2.45, 2.75) is 91.9 Å². The van der Waals surface area contributed by atoms with Crippen molar-refractivity contribution < 1.29 is 14.0 Å². The molecule has 0 spiro atoms. The van der Waals surface area contributed by atoms with Crippen molar-refractivity contribution in [2.24, 2.45) is 11.8 Å². The number of hydrogen-bond acceptors (Lipinski definition) is 2. The summed E-state index contributed by atoms with van der Waals surface area (Å²) in [5.74, 6) is 1.21. The highest BCUT2D eigenvalue weighted by Crippen LogP contribution is 2.43. The van der Waals surface area contributed by atoms with E-state index < -0.39 is 7.60 Å². The summed E-state index contributed by atoms with van der Waals surface area (Å²) in [6, 6.07) is 0. The van der Waals surface area contributed by atoms with Crippen molar-refractivity contribution >= 4 is 7.60 Å². The van der Waals surface area contributed by atoms with Crippen LogP contribution in [0.25, 0.3) is 0 Å². The van der Waals surface area contributed by atoms with Gasteiger partial charge in [0.1, 0.15) is 0 Å². The van der Waals surface area contributed by atoms with Crippen LogP contribution in [0.3, 0.4) is 0 Å². The molecule has 0 bridgehead atoms. The molecule has 3 nitrogen and oxygen atoms in total. The van der Waals surface area contributed by atoms with E-state index in [1.807, 2.05) is 0 Å². The maximum Gasteiger partial charge on any atom is 0.328 e. The summed E-state index contributed by atoms with van der Waals surface area (Å²) < 4.78 is 17.4. The Bertz CT molecular complexity index is 292. The van der Waals surface area contributed by atoms with Gasteiger partial charge in [-0.15, -0.1) is 0 Å². The molecule has 0 fully saturated rings. The summed E-state index contributed by atoms with van der Waals surface area (Å²) in [7, 11) is -3.36. The minimum atomic E-state index is -3.36. The number of unbranched alkanes of at least 4 members (excludes halogenated alkanes) is 5. The van der Waals surface area contributed by atoms with Crippen molar-refractivity contribution in [1.82, 2.24) is 0 Å². The number of hydrogen-bond donors (Lipinski definition) is 1. The Labute approximate surface area is 138 Å². The maximum absolute atomic E-state index is 12.0. The van der Waals surface area contributed by atoms with E-state index in [0.29, 0.717) is 18.7 Å². The topological polar surface area (TPSA) is 46.5 Å². The molecule has 0 aromatic heterocycles. The predicted octanol–water partition coefficient (Wildman–Crippen LogP) is 6.40. The molecule has 0 heterocycles. The summed E-state index contributed by atoms with van der Waals surface area (Å²) in [4.78, 5) is 9.89. The van der Waals surface area contributed by atoms with E-state index in [4.69, 9.17) is 4.52 Å². The molecule has 134 valence electrons. The Morgan fingerprint density at radius 1 is 0.955 bits per heavy atom. The van der Waals surface area contributed by atoms with Crippen molar-refractivity contribution in [3.05, 3.63) is 0 Å². The summed E-state index contributed by atoms with van der Waals surface area (Å²) in [6.45, 7) is 9.25. The van der Waals surface area contributed by atoms with Crippen LogP contribution in [0.4, 0.5) is 0 Å². The van der Waals surface area contributed by atoms with E-state index in [0.717, 1.165) is 31.6 Å². The molecule has 4 heteroatoms. The van der Waals surface area contributed by atoms with Gasteiger partial charge in [0.2, 0.25) is 0 Å². The zero-order chi connectivity index (χ0) is 16.8. The lowest BCUT2D eigenvalue weighted by Crippen LogP contribution is -2.08. The molecule has 22 heavy (non-hydrogen) atoms. The first-order chi connectivity index (χ1) is 10.4. The first kappa shape index (κ1) is 22.1. The fraction of sp³-hybridized carbons (Fsp3) is 1.00. The molecule has 2 unspecified atom stereocenters. The van der Waals surface area contributed by atoms with Gasteiger partial charge in [-0.1, -0.05) is 79.1 Å². The third-order valence-corrected chi connectivity index (χ3v) is 5.71. The molecule has 0 aromatic rings. The van der Waals surface area contributed by atoms with Crippen LogP contribution in [0.15, 0.2) is 0 Å². The van der Waals surface area contributed by atoms with E-state index in [1.54, 1.807) is 0 Å². The summed E-state index contributed by atoms with van der Waals surface area (Å²) in [5.41, 5.74) is 0. The highest BCUT2D eigenvalue weighted by Gasteiger charge is 2.20. The van der Waals surface area contributed by atoms with Gasteiger partial charge in [0.15, 0.2) is 0 Å². The second-order valence-electron chi connectivity index (χ2n) is 7.02. The van der Waals surface area contributed by atoms with Crippen LogP contribution in [-0.4, -0.2) is 17.7 Å². The van der Waals surface area contributed by atoms with Crippen LogP contribution in [0.2, 0.25) is 0 Å². The van der Waals surface area contributed by atoms with Crippen LogP contribution in [-0.2, 0) is 9.09 Å². The van der Waals surface area contributed by atoms with Crippen LogP contribution in [0.1, 0.15) is 91.9 Å². The van der Waals surface area contributed by atoms with E-state index in [-0.39, 0.29) is 0 Å². The monoisotopic (exact) mass is 334 g/mol. The first-order valence-corrected chi connectivity index (χ1v) is 11.1. The Morgan fingerprint density at radius 2 is 1.59 bits per heavy atom. The molecule has 1 N–H and O–H groups in total. The van der Waals surface area contributed by atoms with Gasteiger partial charge in [-0.25, -0.2) is 0 Å². The molecule has 0 saturated carbocycles. The zero-order valence-corrected chi connectivity index (χ0v) is 16.2. The molecule has 0 aromatic carbocycles. The largest absolute Gasteiger partial charge is 0.328 e. The van der Waals surface area contributed by atoms with Gasteiger partial charge < -0.3 is 9.42 Å². The average molecular weight is 334 g/mol. The standard InChI is InChI=1S/C18H39O3P/c1-5-7-14-18(6-2)16-21-22(19,20)15-12-10-8-9-11-13-17(3)4/h17-18H,5-16H2,1-4H3,(H,19,20). The Kier molecular flexibility index (Phi) is 13.7. The first-order valence-electron chi connectivity index (χ1n) is 9.37. The third kappa shape index (κ3) is 13.8. The predicted molar refractivity (Wildman–Crippen MR) is 96.5 cm³/mol. The highest BCUT2D eigenvalue weighted by molar-refractivity contribution is 7.52. The molecular formula is C18H39O3P. The summed E-state index contributed by atoms with van der Waals surface area (Å²) in [5, 5.41) is 0. The average Bonchev–Trinajstić information content (AvgIpc) is 2.46. The molecule has 2 atom stereocenters. The highest BCUT2D eigenvalue weighted by atomic mass is 31.2. The molecule has 0 radical (unpaired) electrons. The van der Waals surface area contributed by atoms with Crippen molar-refractivity contribution in [2.75, 3.05) is 12.8 Å². The van der Waals surface area contributed by atoms with E-state index in [1.165, 1.54) is 38.5 Å². The van der Waals surface area contributed by atoms with Crippen LogP contribution >= 0.6 is 7.60 Å². The zero-order valence-electron chi connectivity index (χ0n) is 15.4. The lowest BCUT2D eigenvalue weighted by molar-refractivity contribution is 0.203. The number of rotatable bonds is 15.